The second-order valence-corrected chi connectivity index (χ2v) is 9.58. The number of Topliss-reactive ketones (excluding diaryl/α,β-unsaturated/α-hetero) is 1. The van der Waals surface area contributed by atoms with Gasteiger partial charge in [-0.15, -0.1) is 0 Å². The number of hydrogen-bond donors (Lipinski definition) is 0. The van der Waals surface area contributed by atoms with E-state index >= 15 is 0 Å². The van der Waals surface area contributed by atoms with Gasteiger partial charge in [0, 0.05) is 33.4 Å². The molecule has 176 valence electrons. The van der Waals surface area contributed by atoms with Gasteiger partial charge in [-0.05, 0) is 29.8 Å². The average molecular weight is 488 g/mol. The monoisotopic (exact) mass is 487 g/mol. The predicted molar refractivity (Wildman–Crippen MR) is 146 cm³/mol. The summed E-state index contributed by atoms with van der Waals surface area (Å²) >= 11 is 0. The molecular formula is C33H17N3O2. The highest BCUT2D eigenvalue weighted by atomic mass is 16.5. The lowest BCUT2D eigenvalue weighted by atomic mass is 9.79. The summed E-state index contributed by atoms with van der Waals surface area (Å²) in [5, 5.41) is 11.3. The Balaban J connectivity index is 1.55. The molecule has 0 radical (unpaired) electrons. The van der Waals surface area contributed by atoms with Crippen molar-refractivity contribution in [3.63, 3.8) is 0 Å². The molecule has 8 rings (SSSR count). The number of ketones is 1. The minimum Gasteiger partial charge on any atom is -0.455 e. The quantitative estimate of drug-likeness (QED) is 0.185. The third-order valence-electron chi connectivity index (χ3n) is 7.56. The summed E-state index contributed by atoms with van der Waals surface area (Å²) in [6.45, 7) is 0. The molecule has 0 bridgehead atoms. The highest BCUT2D eigenvalue weighted by molar-refractivity contribution is 6.23. The standard InChI is InChI=1S/C33H17N3O2/c34-17-18-13-15-19(16-14-18)26-27-30-29(35-24-11-5-6-12-25(24)36-30)20-7-1-3-9-22(20)32(27)38-33-23-10-4-2-8-21(23)31(37)28(26)33/h1-16,26H. The number of carbonyl (C=O) groups is 1. The van der Waals surface area contributed by atoms with E-state index in [2.05, 4.69) is 6.07 Å². The summed E-state index contributed by atoms with van der Waals surface area (Å²) in [5.74, 6) is 0.788. The van der Waals surface area contributed by atoms with Crippen LogP contribution in [0.4, 0.5) is 0 Å². The van der Waals surface area contributed by atoms with Gasteiger partial charge in [-0.1, -0.05) is 72.8 Å². The number of rotatable bonds is 1. The van der Waals surface area contributed by atoms with Crippen LogP contribution >= 0.6 is 0 Å². The molecule has 5 heteroatoms. The molecule has 6 aromatic rings. The van der Waals surface area contributed by atoms with Crippen molar-refractivity contribution in [1.82, 2.24) is 9.97 Å². The highest BCUT2D eigenvalue weighted by Crippen LogP contribution is 2.54. The topological polar surface area (TPSA) is 75.9 Å². The van der Waals surface area contributed by atoms with Crippen molar-refractivity contribution in [2.75, 3.05) is 0 Å². The van der Waals surface area contributed by atoms with Gasteiger partial charge in [-0.3, -0.25) is 4.79 Å². The molecule has 0 saturated heterocycles. The Kier molecular flexibility index (Phi) is 4.15. The van der Waals surface area contributed by atoms with Crippen molar-refractivity contribution in [3.05, 3.63) is 130 Å². The van der Waals surface area contributed by atoms with Crippen LogP contribution in [-0.2, 0) is 0 Å². The van der Waals surface area contributed by atoms with E-state index in [9.17, 15) is 10.1 Å². The van der Waals surface area contributed by atoms with Crippen LogP contribution in [0.1, 0.15) is 38.5 Å². The fraction of sp³-hybridized carbons (Fsp3) is 0.0303. The van der Waals surface area contributed by atoms with Crippen LogP contribution in [0.25, 0.3) is 38.6 Å². The predicted octanol–water partition coefficient (Wildman–Crippen LogP) is 6.94. The molecule has 5 aromatic carbocycles. The third-order valence-corrected chi connectivity index (χ3v) is 7.56. The maximum absolute atomic E-state index is 13.9. The molecule has 2 aliphatic rings. The Bertz CT molecular complexity index is 2090. The first kappa shape index (κ1) is 20.8. The fourth-order valence-corrected chi connectivity index (χ4v) is 5.87. The lowest BCUT2D eigenvalue weighted by Gasteiger charge is -2.29. The van der Waals surface area contributed by atoms with Crippen molar-refractivity contribution in [2.24, 2.45) is 0 Å². The van der Waals surface area contributed by atoms with Crippen LogP contribution in [0.5, 0.6) is 5.75 Å². The Labute approximate surface area is 217 Å². The van der Waals surface area contributed by atoms with E-state index in [4.69, 9.17) is 14.7 Å². The number of para-hydroxylation sites is 2. The Morgan fingerprint density at radius 1 is 0.711 bits per heavy atom. The van der Waals surface area contributed by atoms with Gasteiger partial charge in [0.15, 0.2) is 5.78 Å². The van der Waals surface area contributed by atoms with E-state index in [0.29, 0.717) is 33.7 Å². The molecule has 38 heavy (non-hydrogen) atoms. The van der Waals surface area contributed by atoms with Gasteiger partial charge in [0.25, 0.3) is 0 Å². The van der Waals surface area contributed by atoms with E-state index in [1.165, 1.54) is 0 Å². The fourth-order valence-electron chi connectivity index (χ4n) is 5.87. The molecule has 0 amide bonds. The summed E-state index contributed by atoms with van der Waals surface area (Å²) in [5.41, 5.74) is 7.36. The number of hydrogen-bond acceptors (Lipinski definition) is 5. The van der Waals surface area contributed by atoms with E-state index in [1.54, 1.807) is 12.1 Å². The normalized spacial score (nSPS) is 15.8. The molecule has 1 aromatic heterocycles. The number of benzene rings is 5. The summed E-state index contributed by atoms with van der Waals surface area (Å²) in [6.07, 6.45) is 0. The highest BCUT2D eigenvalue weighted by Gasteiger charge is 2.43. The first-order valence-corrected chi connectivity index (χ1v) is 12.4. The number of ether oxygens (including phenoxy) is 1. The molecule has 1 aliphatic carbocycles. The smallest absolute Gasteiger partial charge is 0.194 e. The zero-order valence-corrected chi connectivity index (χ0v) is 20.0. The van der Waals surface area contributed by atoms with Crippen LogP contribution in [0.2, 0.25) is 0 Å². The van der Waals surface area contributed by atoms with Gasteiger partial charge in [0.2, 0.25) is 0 Å². The second kappa shape index (κ2) is 7.58. The molecular weight excluding hydrogens is 470 g/mol. The second-order valence-electron chi connectivity index (χ2n) is 9.58. The largest absolute Gasteiger partial charge is 0.455 e. The van der Waals surface area contributed by atoms with Gasteiger partial charge in [0.05, 0.1) is 39.3 Å². The summed E-state index contributed by atoms with van der Waals surface area (Å²) < 4.78 is 6.72. The van der Waals surface area contributed by atoms with Crippen LogP contribution < -0.4 is 4.74 Å². The summed E-state index contributed by atoms with van der Waals surface area (Å²) in [6, 6.07) is 33.1. The Morgan fingerprint density at radius 2 is 1.34 bits per heavy atom. The first-order chi connectivity index (χ1) is 18.7. The summed E-state index contributed by atoms with van der Waals surface area (Å²) in [7, 11) is 0. The number of allylic oxidation sites excluding steroid dienone is 1. The SMILES string of the molecule is N#Cc1ccc(C2C3=C(Oc4c2c2nc5ccccc5nc2c2ccccc42)c2ccccc2C3=O)cc1. The zero-order chi connectivity index (χ0) is 25.4. The van der Waals surface area contributed by atoms with Crippen molar-refractivity contribution >= 4 is 44.4 Å². The lowest BCUT2D eigenvalue weighted by molar-refractivity contribution is 0.103. The van der Waals surface area contributed by atoms with Crippen LogP contribution in [-0.4, -0.2) is 15.8 Å². The number of nitriles is 1. The molecule has 0 spiro atoms. The van der Waals surface area contributed by atoms with Gasteiger partial charge in [-0.25, -0.2) is 9.97 Å². The molecule has 0 saturated carbocycles. The minimum absolute atomic E-state index is 0.0503. The van der Waals surface area contributed by atoms with Crippen molar-refractivity contribution in [2.45, 2.75) is 5.92 Å². The minimum atomic E-state index is -0.441. The molecule has 1 aliphatic heterocycles. The van der Waals surface area contributed by atoms with E-state index in [-0.39, 0.29) is 5.78 Å². The van der Waals surface area contributed by atoms with E-state index in [1.807, 2.05) is 84.9 Å². The van der Waals surface area contributed by atoms with E-state index in [0.717, 1.165) is 44.0 Å². The maximum atomic E-state index is 13.9. The molecule has 0 N–H and O–H groups in total. The lowest BCUT2D eigenvalue weighted by Crippen LogP contribution is -2.18. The average Bonchev–Trinajstić information content (AvgIpc) is 3.27. The number of aromatic nitrogens is 2. The Hall–Kier alpha value is -5.34. The molecule has 1 atom stereocenters. The van der Waals surface area contributed by atoms with Crippen molar-refractivity contribution < 1.29 is 9.53 Å². The van der Waals surface area contributed by atoms with Gasteiger partial charge in [0.1, 0.15) is 11.5 Å². The van der Waals surface area contributed by atoms with Crippen molar-refractivity contribution in [3.8, 4) is 11.8 Å². The van der Waals surface area contributed by atoms with Gasteiger partial charge in [-0.2, -0.15) is 5.26 Å². The van der Waals surface area contributed by atoms with Crippen LogP contribution in [0, 0.1) is 11.3 Å². The van der Waals surface area contributed by atoms with Gasteiger partial charge < -0.3 is 4.74 Å². The number of nitrogens with zero attached hydrogens (tertiary/aromatic N) is 3. The molecule has 0 fully saturated rings. The van der Waals surface area contributed by atoms with Crippen LogP contribution in [0.15, 0.2) is 103 Å². The molecule has 1 unspecified atom stereocenters. The molecule has 2 heterocycles. The zero-order valence-electron chi connectivity index (χ0n) is 20.0. The van der Waals surface area contributed by atoms with E-state index < -0.39 is 5.92 Å². The molecule has 5 nitrogen and oxygen atoms in total. The van der Waals surface area contributed by atoms with Crippen molar-refractivity contribution in [1.29, 1.82) is 5.26 Å². The van der Waals surface area contributed by atoms with Gasteiger partial charge >= 0.3 is 0 Å². The number of carbonyl (C=O) groups excluding carboxylic acids is 1. The summed E-state index contributed by atoms with van der Waals surface area (Å²) in [4.78, 5) is 24.1. The van der Waals surface area contributed by atoms with Crippen LogP contribution in [0.3, 0.4) is 0 Å². The Morgan fingerprint density at radius 3 is 2.08 bits per heavy atom. The third kappa shape index (κ3) is 2.72. The number of fused-ring (bicyclic) bond motifs is 9. The first-order valence-electron chi connectivity index (χ1n) is 12.4. The maximum Gasteiger partial charge on any atom is 0.194 e.